The van der Waals surface area contributed by atoms with Crippen LogP contribution < -0.4 is 10.1 Å². The SMILES string of the molecule is CC1CCc2c(sc(NC(=O)CSc3nnc(C(C)Oc4cc(Cl)ccc4Cl)n3C)c2C#N)C1. The molecule has 7 nitrogen and oxygen atoms in total. The molecule has 1 N–H and O–H groups in total. The van der Waals surface area contributed by atoms with Crippen molar-refractivity contribution in [3.63, 3.8) is 0 Å². The monoisotopic (exact) mass is 535 g/mol. The van der Waals surface area contributed by atoms with Gasteiger partial charge in [0.2, 0.25) is 5.91 Å². The number of fused-ring (bicyclic) bond motifs is 1. The molecule has 11 heteroatoms. The average molecular weight is 537 g/mol. The minimum absolute atomic E-state index is 0.144. The van der Waals surface area contributed by atoms with E-state index in [1.54, 1.807) is 22.8 Å². The minimum atomic E-state index is -0.435. The van der Waals surface area contributed by atoms with Crippen molar-refractivity contribution in [3.05, 3.63) is 50.1 Å². The van der Waals surface area contributed by atoms with Gasteiger partial charge in [0.1, 0.15) is 16.8 Å². The maximum Gasteiger partial charge on any atom is 0.235 e. The molecule has 0 saturated heterocycles. The third kappa shape index (κ3) is 5.36. The largest absolute Gasteiger partial charge is 0.481 e. The maximum absolute atomic E-state index is 12.6. The Morgan fingerprint density at radius 2 is 2.24 bits per heavy atom. The van der Waals surface area contributed by atoms with Gasteiger partial charge in [0.05, 0.1) is 16.3 Å². The number of carbonyl (C=O) groups excluding carboxylic acids is 1. The Hall–Kier alpha value is -2.25. The number of thioether (sulfide) groups is 1. The molecule has 34 heavy (non-hydrogen) atoms. The van der Waals surface area contributed by atoms with Gasteiger partial charge in [-0.15, -0.1) is 21.5 Å². The van der Waals surface area contributed by atoms with E-state index < -0.39 is 6.10 Å². The van der Waals surface area contributed by atoms with Gasteiger partial charge in [0, 0.05) is 23.0 Å². The van der Waals surface area contributed by atoms with E-state index in [-0.39, 0.29) is 11.7 Å². The van der Waals surface area contributed by atoms with Crippen molar-refractivity contribution < 1.29 is 9.53 Å². The summed E-state index contributed by atoms with van der Waals surface area (Å²) >= 11 is 15.0. The summed E-state index contributed by atoms with van der Waals surface area (Å²) in [6.07, 6.45) is 2.49. The Morgan fingerprint density at radius 1 is 1.44 bits per heavy atom. The molecule has 0 radical (unpaired) electrons. The number of rotatable bonds is 7. The van der Waals surface area contributed by atoms with Crippen molar-refractivity contribution in [2.75, 3.05) is 11.1 Å². The van der Waals surface area contributed by atoms with Crippen LogP contribution in [0.25, 0.3) is 0 Å². The second-order valence-electron chi connectivity index (χ2n) is 8.24. The van der Waals surface area contributed by atoms with Gasteiger partial charge in [-0.05, 0) is 49.8 Å². The van der Waals surface area contributed by atoms with Crippen molar-refractivity contribution in [2.45, 2.75) is 44.4 Å². The molecule has 0 aliphatic heterocycles. The molecule has 0 spiro atoms. The number of hydrogen-bond donors (Lipinski definition) is 1. The molecule has 1 aliphatic rings. The zero-order valence-corrected chi connectivity index (χ0v) is 22.0. The molecule has 2 heterocycles. The molecule has 2 unspecified atom stereocenters. The molecule has 3 aromatic rings. The number of halogens is 2. The summed E-state index contributed by atoms with van der Waals surface area (Å²) in [5, 5.41) is 23.2. The number of amides is 1. The molecule has 4 rings (SSSR count). The fraction of sp³-hybridized carbons (Fsp3) is 0.391. The molecule has 1 aromatic carbocycles. The summed E-state index contributed by atoms with van der Waals surface area (Å²) in [6, 6.07) is 7.29. The number of carbonyl (C=O) groups is 1. The number of nitrogens with zero attached hydrogens (tertiary/aromatic N) is 4. The third-order valence-corrected chi connectivity index (χ3v) is 8.38. The zero-order valence-electron chi connectivity index (χ0n) is 18.9. The van der Waals surface area contributed by atoms with E-state index in [0.29, 0.717) is 43.3 Å². The van der Waals surface area contributed by atoms with Gasteiger partial charge < -0.3 is 14.6 Å². The van der Waals surface area contributed by atoms with Crippen molar-refractivity contribution in [1.29, 1.82) is 5.26 Å². The summed E-state index contributed by atoms with van der Waals surface area (Å²) in [5.74, 6) is 1.60. The van der Waals surface area contributed by atoms with E-state index in [9.17, 15) is 10.1 Å². The summed E-state index contributed by atoms with van der Waals surface area (Å²) in [5.41, 5.74) is 1.71. The van der Waals surface area contributed by atoms with Crippen LogP contribution >= 0.6 is 46.3 Å². The van der Waals surface area contributed by atoms with Crippen LogP contribution in [0.3, 0.4) is 0 Å². The minimum Gasteiger partial charge on any atom is -0.481 e. The number of hydrogen-bond acceptors (Lipinski definition) is 7. The fourth-order valence-electron chi connectivity index (χ4n) is 3.87. The number of ether oxygens (including phenoxy) is 1. The molecule has 1 amide bonds. The van der Waals surface area contributed by atoms with E-state index in [0.717, 1.165) is 24.8 Å². The van der Waals surface area contributed by atoms with Gasteiger partial charge in [0.15, 0.2) is 17.1 Å². The predicted octanol–water partition coefficient (Wildman–Crippen LogP) is 6.05. The molecule has 1 aliphatic carbocycles. The molecular weight excluding hydrogens is 513 g/mol. The number of aromatic nitrogens is 3. The van der Waals surface area contributed by atoms with Crippen molar-refractivity contribution in [1.82, 2.24) is 14.8 Å². The normalized spacial score (nSPS) is 15.9. The zero-order chi connectivity index (χ0) is 24.4. The lowest BCUT2D eigenvalue weighted by atomic mass is 9.89. The highest BCUT2D eigenvalue weighted by Gasteiger charge is 2.25. The maximum atomic E-state index is 12.6. The van der Waals surface area contributed by atoms with Crippen LogP contribution in [0.4, 0.5) is 5.00 Å². The summed E-state index contributed by atoms with van der Waals surface area (Å²) in [4.78, 5) is 13.9. The van der Waals surface area contributed by atoms with Gasteiger partial charge in [-0.1, -0.05) is 41.9 Å². The highest BCUT2D eigenvalue weighted by molar-refractivity contribution is 7.99. The van der Waals surface area contributed by atoms with Crippen molar-refractivity contribution in [3.8, 4) is 11.8 Å². The van der Waals surface area contributed by atoms with E-state index in [1.165, 1.54) is 28.0 Å². The van der Waals surface area contributed by atoms with Crippen LogP contribution in [0.1, 0.15) is 48.2 Å². The standard InChI is InChI=1S/C23H23Cl2N5O2S2/c1-12-4-6-15-16(10-26)22(34-19(15)8-12)27-20(31)11-33-23-29-28-21(30(23)3)13(2)32-18-9-14(24)5-7-17(18)25/h5,7,9,12-13H,4,6,8,11H2,1-3H3,(H,27,31). The molecule has 0 saturated carbocycles. The predicted molar refractivity (Wildman–Crippen MR) is 136 cm³/mol. The van der Waals surface area contributed by atoms with Crippen molar-refractivity contribution >= 4 is 57.2 Å². The number of nitrogens with one attached hydrogen (secondary N) is 1. The van der Waals surface area contributed by atoms with Crippen LogP contribution in [-0.2, 0) is 24.7 Å². The Morgan fingerprint density at radius 3 is 3.00 bits per heavy atom. The first-order valence-electron chi connectivity index (χ1n) is 10.7. The first-order chi connectivity index (χ1) is 16.3. The molecular formula is C23H23Cl2N5O2S2. The number of nitriles is 1. The summed E-state index contributed by atoms with van der Waals surface area (Å²) < 4.78 is 7.71. The van der Waals surface area contributed by atoms with Crippen LogP contribution in [0.2, 0.25) is 10.0 Å². The smallest absolute Gasteiger partial charge is 0.235 e. The van der Waals surface area contributed by atoms with Crippen LogP contribution in [-0.4, -0.2) is 26.4 Å². The third-order valence-electron chi connectivity index (χ3n) is 5.64. The first-order valence-corrected chi connectivity index (χ1v) is 13.3. The van der Waals surface area contributed by atoms with E-state index >= 15 is 0 Å². The Kier molecular flexibility index (Phi) is 7.73. The van der Waals surface area contributed by atoms with E-state index in [4.69, 9.17) is 27.9 Å². The van der Waals surface area contributed by atoms with Gasteiger partial charge in [-0.25, -0.2) is 0 Å². The van der Waals surface area contributed by atoms with Gasteiger partial charge >= 0.3 is 0 Å². The quantitative estimate of drug-likeness (QED) is 0.370. The second kappa shape index (κ2) is 10.6. The number of thiophene rings is 1. The highest BCUT2D eigenvalue weighted by Crippen LogP contribution is 2.39. The van der Waals surface area contributed by atoms with Gasteiger partial charge in [-0.2, -0.15) is 5.26 Å². The fourth-order valence-corrected chi connectivity index (χ4v) is 6.29. The van der Waals surface area contributed by atoms with E-state index in [1.807, 2.05) is 14.0 Å². The number of anilines is 1. The molecule has 2 aromatic heterocycles. The number of benzene rings is 1. The van der Waals surface area contributed by atoms with Crippen LogP contribution in [0, 0.1) is 17.2 Å². The molecule has 2 atom stereocenters. The highest BCUT2D eigenvalue weighted by atomic mass is 35.5. The first kappa shape index (κ1) is 24.9. The lowest BCUT2D eigenvalue weighted by Gasteiger charge is -2.17. The molecule has 0 bridgehead atoms. The van der Waals surface area contributed by atoms with Gasteiger partial charge in [-0.3, -0.25) is 4.79 Å². The lowest BCUT2D eigenvalue weighted by Crippen LogP contribution is -2.15. The van der Waals surface area contributed by atoms with Crippen LogP contribution in [0.15, 0.2) is 23.4 Å². The van der Waals surface area contributed by atoms with E-state index in [2.05, 4.69) is 28.5 Å². The molecule has 0 fully saturated rings. The average Bonchev–Trinajstić information content (AvgIpc) is 3.33. The second-order valence-corrected chi connectivity index (χ2v) is 11.1. The van der Waals surface area contributed by atoms with Gasteiger partial charge in [0.25, 0.3) is 0 Å². The molecule has 178 valence electrons. The Balaban J connectivity index is 1.39. The Bertz CT molecular complexity index is 1270. The summed E-state index contributed by atoms with van der Waals surface area (Å²) in [7, 11) is 1.82. The van der Waals surface area contributed by atoms with Crippen molar-refractivity contribution in [2.24, 2.45) is 13.0 Å². The lowest BCUT2D eigenvalue weighted by molar-refractivity contribution is -0.113. The van der Waals surface area contributed by atoms with Crippen LogP contribution in [0.5, 0.6) is 5.75 Å². The Labute approximate surface area is 216 Å². The topological polar surface area (TPSA) is 92.8 Å². The summed E-state index contributed by atoms with van der Waals surface area (Å²) in [6.45, 7) is 4.06.